The highest BCUT2D eigenvalue weighted by Gasteiger charge is 2.83. The van der Waals surface area contributed by atoms with Gasteiger partial charge in [0.2, 0.25) is 0 Å². The summed E-state index contributed by atoms with van der Waals surface area (Å²) in [5.41, 5.74) is 4.69. The molecule has 174 valence electrons. The highest BCUT2D eigenvalue weighted by molar-refractivity contribution is 5.99. The summed E-state index contributed by atoms with van der Waals surface area (Å²) in [4.78, 5) is 30.6. The zero-order chi connectivity index (χ0) is 23.4. The maximum absolute atomic E-state index is 13.3. The van der Waals surface area contributed by atoms with Gasteiger partial charge in [-0.3, -0.25) is 9.59 Å². The molecule has 7 heteroatoms. The average molecular weight is 449 g/mol. The first-order valence-corrected chi connectivity index (χ1v) is 11.6. The van der Waals surface area contributed by atoms with Crippen LogP contribution in [0.1, 0.15) is 36.6 Å². The predicted molar refractivity (Wildman–Crippen MR) is 127 cm³/mol. The third-order valence-electron chi connectivity index (χ3n) is 7.57. The Morgan fingerprint density at radius 1 is 1.27 bits per heavy atom. The molecule has 0 spiro atoms. The van der Waals surface area contributed by atoms with Crippen molar-refractivity contribution in [2.75, 3.05) is 19.8 Å². The highest BCUT2D eigenvalue weighted by Crippen LogP contribution is 2.79. The lowest BCUT2D eigenvalue weighted by molar-refractivity contribution is -0.117. The second kappa shape index (κ2) is 7.85. The van der Waals surface area contributed by atoms with E-state index in [1.54, 1.807) is 0 Å². The van der Waals surface area contributed by atoms with E-state index in [2.05, 4.69) is 27.1 Å². The van der Waals surface area contributed by atoms with Gasteiger partial charge >= 0.3 is 0 Å². The molecular weight excluding hydrogens is 416 g/mol. The van der Waals surface area contributed by atoms with Gasteiger partial charge < -0.3 is 25.3 Å². The number of nitrogens with one attached hydrogen (secondary N) is 3. The Labute approximate surface area is 194 Å². The molecule has 3 fully saturated rings. The molecule has 1 saturated heterocycles. The monoisotopic (exact) mass is 448 g/mol. The van der Waals surface area contributed by atoms with Crippen LogP contribution in [-0.2, 0) is 16.1 Å². The van der Waals surface area contributed by atoms with Crippen LogP contribution in [0, 0.1) is 19.3 Å². The van der Waals surface area contributed by atoms with Crippen molar-refractivity contribution in [3.63, 3.8) is 0 Å². The van der Waals surface area contributed by atoms with E-state index in [1.807, 2.05) is 51.3 Å². The number of hydrogen-bond donors (Lipinski definition) is 3. The van der Waals surface area contributed by atoms with Crippen molar-refractivity contribution in [2.24, 2.45) is 5.41 Å². The highest BCUT2D eigenvalue weighted by atomic mass is 16.5. The molecule has 1 aromatic heterocycles. The van der Waals surface area contributed by atoms with Gasteiger partial charge in [-0.25, -0.2) is 0 Å². The molecule has 33 heavy (non-hydrogen) atoms. The van der Waals surface area contributed by atoms with E-state index in [1.165, 1.54) is 12.8 Å². The van der Waals surface area contributed by atoms with Gasteiger partial charge in [0, 0.05) is 47.2 Å². The molecular formula is C26H32N4O3. The third-order valence-corrected chi connectivity index (χ3v) is 7.57. The quantitative estimate of drug-likeness (QED) is 0.596. The number of ether oxygens (including phenoxy) is 1. The van der Waals surface area contributed by atoms with Crippen LogP contribution in [0.25, 0.3) is 0 Å². The van der Waals surface area contributed by atoms with E-state index in [-0.39, 0.29) is 29.0 Å². The normalized spacial score (nSPS) is 32.3. The molecule has 2 aliphatic heterocycles. The summed E-state index contributed by atoms with van der Waals surface area (Å²) in [7, 11) is 0. The number of aryl methyl sites for hydroxylation is 2. The number of hydrogen-bond acceptors (Lipinski definition) is 5. The fourth-order valence-corrected chi connectivity index (χ4v) is 5.31. The summed E-state index contributed by atoms with van der Waals surface area (Å²) < 4.78 is 5.31. The minimum absolute atomic E-state index is 0.165. The summed E-state index contributed by atoms with van der Waals surface area (Å²) >= 11 is 0. The molecule has 7 nitrogen and oxygen atoms in total. The SMILES string of the molecule is C=C1/C=C\C=C/N(CC23CC2(NC2COC2)C3)/C(C)=C\1C(=O)NCc1c(C)cc(C)[nH]c1=O. The largest absolute Gasteiger partial charge is 0.378 e. The number of nitrogens with zero attached hydrogens (tertiary/aromatic N) is 1. The zero-order valence-electron chi connectivity index (χ0n) is 19.6. The number of amides is 1. The van der Waals surface area contributed by atoms with Gasteiger partial charge in [-0.1, -0.05) is 18.7 Å². The first-order valence-electron chi connectivity index (χ1n) is 11.6. The van der Waals surface area contributed by atoms with Crippen LogP contribution in [0.3, 0.4) is 0 Å². The molecule has 2 saturated carbocycles. The number of carbonyl (C=O) groups excluding carboxylic acids is 1. The molecule has 1 aromatic rings. The Balaban J connectivity index is 1.32. The maximum atomic E-state index is 13.3. The molecule has 4 aliphatic rings. The van der Waals surface area contributed by atoms with Crippen LogP contribution >= 0.6 is 0 Å². The number of H-pyrrole nitrogens is 1. The number of aromatic amines is 1. The van der Waals surface area contributed by atoms with E-state index < -0.39 is 0 Å². The first kappa shape index (κ1) is 21.9. The van der Waals surface area contributed by atoms with Crippen molar-refractivity contribution in [3.8, 4) is 0 Å². The van der Waals surface area contributed by atoms with Crippen molar-refractivity contribution >= 4 is 5.91 Å². The minimum Gasteiger partial charge on any atom is -0.378 e. The van der Waals surface area contributed by atoms with Gasteiger partial charge in [-0.15, -0.1) is 0 Å². The molecule has 0 aromatic carbocycles. The van der Waals surface area contributed by atoms with Crippen LogP contribution < -0.4 is 16.2 Å². The number of aromatic nitrogens is 1. The maximum Gasteiger partial charge on any atom is 0.253 e. The van der Waals surface area contributed by atoms with Crippen molar-refractivity contribution in [2.45, 2.75) is 51.7 Å². The van der Waals surface area contributed by atoms with Gasteiger partial charge in [-0.2, -0.15) is 0 Å². The molecule has 0 atom stereocenters. The number of pyridine rings is 1. The number of allylic oxidation sites excluding steroid dienone is 4. The lowest BCUT2D eigenvalue weighted by atomic mass is 10.0. The second-order valence-corrected chi connectivity index (χ2v) is 10.0. The number of fused-ring (bicyclic) bond motifs is 1. The molecule has 2 aliphatic carbocycles. The van der Waals surface area contributed by atoms with Gasteiger partial charge in [0.1, 0.15) is 0 Å². The summed E-state index contributed by atoms with van der Waals surface area (Å²) in [5, 5.41) is 6.72. The van der Waals surface area contributed by atoms with Crippen LogP contribution in [0.15, 0.2) is 58.7 Å². The summed E-state index contributed by atoms with van der Waals surface area (Å²) in [6, 6.07) is 2.39. The van der Waals surface area contributed by atoms with E-state index in [0.29, 0.717) is 22.8 Å². The fraction of sp³-hybridized carbons (Fsp3) is 0.462. The lowest BCUT2D eigenvalue weighted by Gasteiger charge is -2.28. The molecule has 3 N–H and O–H groups in total. The second-order valence-electron chi connectivity index (χ2n) is 10.0. The van der Waals surface area contributed by atoms with Crippen LogP contribution in [0.2, 0.25) is 0 Å². The molecule has 3 heterocycles. The Morgan fingerprint density at radius 2 is 2.03 bits per heavy atom. The Kier molecular flexibility index (Phi) is 5.21. The Morgan fingerprint density at radius 3 is 2.70 bits per heavy atom. The van der Waals surface area contributed by atoms with E-state index >= 15 is 0 Å². The lowest BCUT2D eigenvalue weighted by Crippen LogP contribution is -2.49. The van der Waals surface area contributed by atoms with E-state index in [9.17, 15) is 9.59 Å². The van der Waals surface area contributed by atoms with Crippen molar-refractivity contribution in [1.82, 2.24) is 20.5 Å². The van der Waals surface area contributed by atoms with Crippen LogP contribution in [0.4, 0.5) is 0 Å². The topological polar surface area (TPSA) is 86.5 Å². The third kappa shape index (κ3) is 3.89. The zero-order valence-corrected chi connectivity index (χ0v) is 19.6. The standard InChI is InChI=1S/C26H32N4O3/c1-16-7-5-6-8-30(15-25-13-26(25,14-25)29-20-11-33-12-20)19(4)22(16)24(32)27-10-21-17(2)9-18(3)28-23(21)31/h5-9,20,29H,1,10-15H2,2-4H3,(H,27,32)(H,28,31)/b7-5-,8-6-,22-19+. The Hall–Kier alpha value is -2.90. The van der Waals surface area contributed by atoms with Gasteiger partial charge in [0.05, 0.1) is 24.8 Å². The molecule has 0 unspecified atom stereocenters. The molecule has 0 bridgehead atoms. The number of rotatable bonds is 7. The minimum atomic E-state index is -0.220. The van der Waals surface area contributed by atoms with Crippen LogP contribution in [0.5, 0.6) is 0 Å². The summed E-state index contributed by atoms with van der Waals surface area (Å²) in [6.45, 7) is 12.5. The first-order chi connectivity index (χ1) is 15.7. The van der Waals surface area contributed by atoms with E-state index in [4.69, 9.17) is 4.74 Å². The summed E-state index contributed by atoms with van der Waals surface area (Å²) in [5.74, 6) is -0.220. The fourth-order valence-electron chi connectivity index (χ4n) is 5.31. The smallest absolute Gasteiger partial charge is 0.253 e. The van der Waals surface area contributed by atoms with Crippen molar-refractivity contribution < 1.29 is 9.53 Å². The Bertz CT molecular complexity index is 1160. The van der Waals surface area contributed by atoms with Gasteiger partial charge in [-0.05, 0) is 56.9 Å². The summed E-state index contributed by atoms with van der Waals surface area (Å²) in [6.07, 6.45) is 10.1. The average Bonchev–Trinajstić information content (AvgIpc) is 3.51. The van der Waals surface area contributed by atoms with Gasteiger partial charge in [0.25, 0.3) is 11.5 Å². The predicted octanol–water partition coefficient (Wildman–Crippen LogP) is 2.34. The van der Waals surface area contributed by atoms with Gasteiger partial charge in [0.15, 0.2) is 0 Å². The molecule has 1 amide bonds. The number of carbonyl (C=O) groups is 1. The van der Waals surface area contributed by atoms with Crippen molar-refractivity contribution in [3.05, 3.63) is 81.1 Å². The van der Waals surface area contributed by atoms with Crippen molar-refractivity contribution in [1.29, 1.82) is 0 Å². The van der Waals surface area contributed by atoms with E-state index in [0.717, 1.165) is 36.7 Å². The molecule has 5 rings (SSSR count). The molecule has 0 radical (unpaired) electrons. The van der Waals surface area contributed by atoms with Crippen LogP contribution in [-0.4, -0.2) is 47.1 Å².